The van der Waals surface area contributed by atoms with Gasteiger partial charge in [0, 0.05) is 24.8 Å². The van der Waals surface area contributed by atoms with Crippen LogP contribution in [-0.4, -0.2) is 30.3 Å². The van der Waals surface area contributed by atoms with E-state index in [4.69, 9.17) is 0 Å². The molecular formula is C22H26N2O2. The predicted octanol–water partition coefficient (Wildman–Crippen LogP) is 3.99. The van der Waals surface area contributed by atoms with Crippen molar-refractivity contribution in [2.45, 2.75) is 39.7 Å². The first-order chi connectivity index (χ1) is 12.4. The molecule has 136 valence electrons. The van der Waals surface area contributed by atoms with Crippen LogP contribution in [0.5, 0.6) is 0 Å². The van der Waals surface area contributed by atoms with Crippen molar-refractivity contribution >= 4 is 17.5 Å². The van der Waals surface area contributed by atoms with Gasteiger partial charge in [-0.15, -0.1) is 0 Å². The number of anilines is 1. The molecule has 0 N–H and O–H groups in total. The summed E-state index contributed by atoms with van der Waals surface area (Å²) in [5.41, 5.74) is 4.79. The van der Waals surface area contributed by atoms with Gasteiger partial charge in [-0.25, -0.2) is 0 Å². The lowest BCUT2D eigenvalue weighted by Crippen LogP contribution is -2.27. The van der Waals surface area contributed by atoms with Gasteiger partial charge in [0.1, 0.15) is 0 Å². The van der Waals surface area contributed by atoms with E-state index in [2.05, 4.69) is 26.0 Å². The smallest absolute Gasteiger partial charge is 0.258 e. The van der Waals surface area contributed by atoms with E-state index in [0.717, 1.165) is 16.8 Å². The number of carbonyl (C=O) groups excluding carboxylic acids is 2. The van der Waals surface area contributed by atoms with Crippen molar-refractivity contribution in [3.05, 3.63) is 64.7 Å². The molecule has 0 atom stereocenters. The molecule has 0 saturated heterocycles. The maximum Gasteiger partial charge on any atom is 0.258 e. The lowest BCUT2D eigenvalue weighted by Gasteiger charge is -2.16. The molecule has 0 radical (unpaired) electrons. The summed E-state index contributed by atoms with van der Waals surface area (Å²) in [7, 11) is 1.80. The van der Waals surface area contributed by atoms with E-state index in [9.17, 15) is 9.59 Å². The molecule has 26 heavy (non-hydrogen) atoms. The first kappa shape index (κ1) is 18.2. The van der Waals surface area contributed by atoms with E-state index in [0.29, 0.717) is 31.0 Å². The number of carbonyl (C=O) groups is 2. The summed E-state index contributed by atoms with van der Waals surface area (Å²) in [5.74, 6) is 0.548. The van der Waals surface area contributed by atoms with Crippen molar-refractivity contribution in [3.63, 3.8) is 0 Å². The van der Waals surface area contributed by atoms with Crippen LogP contribution in [0.1, 0.15) is 53.7 Å². The lowest BCUT2D eigenvalue weighted by atomic mass is 10.0. The zero-order chi connectivity index (χ0) is 18.8. The van der Waals surface area contributed by atoms with Gasteiger partial charge < -0.3 is 9.80 Å². The molecule has 0 bridgehead atoms. The predicted molar refractivity (Wildman–Crippen MR) is 105 cm³/mol. The molecule has 2 aromatic rings. The third kappa shape index (κ3) is 3.50. The van der Waals surface area contributed by atoms with E-state index in [1.54, 1.807) is 16.8 Å². The number of rotatable bonds is 5. The van der Waals surface area contributed by atoms with Gasteiger partial charge in [-0.05, 0) is 47.7 Å². The fourth-order valence-electron chi connectivity index (χ4n) is 3.19. The number of nitrogens with zero attached hydrogens (tertiary/aromatic N) is 2. The van der Waals surface area contributed by atoms with Crippen LogP contribution in [0.25, 0.3) is 0 Å². The highest BCUT2D eigenvalue weighted by Crippen LogP contribution is 2.30. The SMILES string of the molecule is CCN(C)C(=O)Cc1ccc2c(c1)C(=O)N(c1ccc(C(C)C)cc1)C2. The van der Waals surface area contributed by atoms with E-state index in [1.165, 1.54) is 5.56 Å². The molecule has 0 aromatic heterocycles. The second-order valence-electron chi connectivity index (χ2n) is 7.21. The highest BCUT2D eigenvalue weighted by molar-refractivity contribution is 6.10. The van der Waals surface area contributed by atoms with Gasteiger partial charge in [-0.3, -0.25) is 9.59 Å². The minimum atomic E-state index is 0.00967. The summed E-state index contributed by atoms with van der Waals surface area (Å²) in [6.45, 7) is 7.53. The largest absolute Gasteiger partial charge is 0.346 e. The number of benzene rings is 2. The van der Waals surface area contributed by atoms with E-state index in [-0.39, 0.29) is 11.8 Å². The Morgan fingerprint density at radius 2 is 1.85 bits per heavy atom. The van der Waals surface area contributed by atoms with Crippen LogP contribution < -0.4 is 4.90 Å². The molecular weight excluding hydrogens is 324 g/mol. The summed E-state index contributed by atoms with van der Waals surface area (Å²) in [6, 6.07) is 14.0. The molecule has 0 aliphatic carbocycles. The van der Waals surface area contributed by atoms with Gasteiger partial charge in [0.05, 0.1) is 13.0 Å². The molecule has 1 heterocycles. The molecule has 0 unspecified atom stereocenters. The molecule has 2 aromatic carbocycles. The van der Waals surface area contributed by atoms with Crippen LogP contribution >= 0.6 is 0 Å². The molecule has 4 heteroatoms. The van der Waals surface area contributed by atoms with Gasteiger partial charge in [-0.2, -0.15) is 0 Å². The molecule has 1 aliphatic rings. The van der Waals surface area contributed by atoms with Crippen molar-refractivity contribution in [3.8, 4) is 0 Å². The van der Waals surface area contributed by atoms with Crippen LogP contribution in [-0.2, 0) is 17.8 Å². The average Bonchev–Trinajstić information content (AvgIpc) is 2.97. The van der Waals surface area contributed by atoms with Crippen molar-refractivity contribution < 1.29 is 9.59 Å². The minimum absolute atomic E-state index is 0.00967. The molecule has 2 amide bonds. The van der Waals surface area contributed by atoms with Crippen LogP contribution in [0.3, 0.4) is 0 Å². The Balaban J connectivity index is 1.80. The lowest BCUT2D eigenvalue weighted by molar-refractivity contribution is -0.128. The second kappa shape index (κ2) is 7.32. The zero-order valence-electron chi connectivity index (χ0n) is 16.0. The zero-order valence-corrected chi connectivity index (χ0v) is 16.0. The van der Waals surface area contributed by atoms with Crippen LogP contribution in [0.15, 0.2) is 42.5 Å². The monoisotopic (exact) mass is 350 g/mol. The average molecular weight is 350 g/mol. The third-order valence-electron chi connectivity index (χ3n) is 5.11. The topological polar surface area (TPSA) is 40.6 Å². The van der Waals surface area contributed by atoms with Crippen molar-refractivity contribution in [1.82, 2.24) is 4.90 Å². The maximum atomic E-state index is 12.9. The summed E-state index contributed by atoms with van der Waals surface area (Å²) in [5, 5.41) is 0. The van der Waals surface area contributed by atoms with Gasteiger partial charge in [0.25, 0.3) is 5.91 Å². The Kier molecular flexibility index (Phi) is 5.12. The highest BCUT2D eigenvalue weighted by Gasteiger charge is 2.29. The summed E-state index contributed by atoms with van der Waals surface area (Å²) in [6.07, 6.45) is 0.327. The molecule has 0 saturated carbocycles. The van der Waals surface area contributed by atoms with Crippen molar-refractivity contribution in [2.24, 2.45) is 0 Å². The van der Waals surface area contributed by atoms with E-state index >= 15 is 0 Å². The standard InChI is InChI=1S/C22H26N2O2/c1-5-23(4)21(25)13-16-6-7-18-14-24(22(26)20(18)12-16)19-10-8-17(9-11-19)15(2)3/h6-12,15H,5,13-14H2,1-4H3. The van der Waals surface area contributed by atoms with Gasteiger partial charge in [-0.1, -0.05) is 38.1 Å². The van der Waals surface area contributed by atoms with Gasteiger partial charge >= 0.3 is 0 Å². The number of hydrogen-bond donors (Lipinski definition) is 0. The molecule has 0 spiro atoms. The number of hydrogen-bond acceptors (Lipinski definition) is 2. The van der Waals surface area contributed by atoms with E-state index < -0.39 is 0 Å². The highest BCUT2D eigenvalue weighted by atomic mass is 16.2. The molecule has 1 aliphatic heterocycles. The first-order valence-electron chi connectivity index (χ1n) is 9.18. The Hall–Kier alpha value is -2.62. The minimum Gasteiger partial charge on any atom is -0.346 e. The third-order valence-corrected chi connectivity index (χ3v) is 5.11. The van der Waals surface area contributed by atoms with Crippen LogP contribution in [0.2, 0.25) is 0 Å². The fourth-order valence-corrected chi connectivity index (χ4v) is 3.19. The fraction of sp³-hybridized carbons (Fsp3) is 0.364. The van der Waals surface area contributed by atoms with Gasteiger partial charge in [0.15, 0.2) is 0 Å². The van der Waals surface area contributed by atoms with Crippen LogP contribution in [0, 0.1) is 0 Å². The van der Waals surface area contributed by atoms with E-state index in [1.807, 2.05) is 37.3 Å². The maximum absolute atomic E-state index is 12.9. The first-order valence-corrected chi connectivity index (χ1v) is 9.18. The molecule has 0 fully saturated rings. The normalized spacial score (nSPS) is 13.3. The Morgan fingerprint density at radius 1 is 1.15 bits per heavy atom. The molecule has 3 rings (SSSR count). The number of fused-ring (bicyclic) bond motifs is 1. The summed E-state index contributed by atoms with van der Waals surface area (Å²) >= 11 is 0. The van der Waals surface area contributed by atoms with Gasteiger partial charge in [0.2, 0.25) is 5.91 Å². The summed E-state index contributed by atoms with van der Waals surface area (Å²) < 4.78 is 0. The second-order valence-corrected chi connectivity index (χ2v) is 7.21. The van der Waals surface area contributed by atoms with Crippen molar-refractivity contribution in [1.29, 1.82) is 0 Å². The number of likely N-dealkylation sites (N-methyl/N-ethyl adjacent to an activating group) is 1. The van der Waals surface area contributed by atoms with Crippen molar-refractivity contribution in [2.75, 3.05) is 18.5 Å². The Labute approximate surface area is 155 Å². The summed E-state index contributed by atoms with van der Waals surface area (Å²) in [4.78, 5) is 28.5. The quantitative estimate of drug-likeness (QED) is 0.818. The molecule has 4 nitrogen and oxygen atoms in total. The van der Waals surface area contributed by atoms with Crippen LogP contribution in [0.4, 0.5) is 5.69 Å². The Morgan fingerprint density at radius 3 is 2.46 bits per heavy atom. The Bertz CT molecular complexity index is 825. The number of amides is 2.